The summed E-state index contributed by atoms with van der Waals surface area (Å²) in [5.74, 6) is -0.872. The van der Waals surface area contributed by atoms with Gasteiger partial charge in [-0.3, -0.25) is 9.79 Å². The SMILES string of the molecule is C=Nc1ccc(Br)cc1CC(=O)O. The number of carboxylic acids is 1. The molecule has 13 heavy (non-hydrogen) atoms. The molecule has 3 nitrogen and oxygen atoms in total. The van der Waals surface area contributed by atoms with Crippen LogP contribution in [0.4, 0.5) is 5.69 Å². The van der Waals surface area contributed by atoms with Crippen LogP contribution in [0.15, 0.2) is 27.7 Å². The van der Waals surface area contributed by atoms with Crippen LogP contribution in [-0.2, 0) is 11.2 Å². The Morgan fingerprint density at radius 1 is 1.62 bits per heavy atom. The molecule has 0 heterocycles. The number of aliphatic imine (C=N–C) groups is 1. The number of aliphatic carboxylic acids is 1. The van der Waals surface area contributed by atoms with Crippen molar-refractivity contribution in [3.8, 4) is 0 Å². The molecule has 4 heteroatoms. The maximum atomic E-state index is 10.5. The van der Waals surface area contributed by atoms with E-state index in [1.807, 2.05) is 0 Å². The van der Waals surface area contributed by atoms with Crippen LogP contribution in [-0.4, -0.2) is 17.8 Å². The first-order valence-electron chi connectivity index (χ1n) is 3.60. The molecule has 0 bridgehead atoms. The summed E-state index contributed by atoms with van der Waals surface area (Å²) in [7, 11) is 0. The van der Waals surface area contributed by atoms with Crippen molar-refractivity contribution >= 4 is 34.3 Å². The Bertz CT molecular complexity index is 349. The Morgan fingerprint density at radius 2 is 2.31 bits per heavy atom. The minimum absolute atomic E-state index is 0.0339. The molecule has 68 valence electrons. The highest BCUT2D eigenvalue weighted by Crippen LogP contribution is 2.23. The van der Waals surface area contributed by atoms with E-state index in [4.69, 9.17) is 5.11 Å². The van der Waals surface area contributed by atoms with E-state index in [1.54, 1.807) is 18.2 Å². The van der Waals surface area contributed by atoms with Gasteiger partial charge in [0.15, 0.2) is 0 Å². The van der Waals surface area contributed by atoms with E-state index in [2.05, 4.69) is 27.6 Å². The third-order valence-electron chi connectivity index (χ3n) is 1.55. The van der Waals surface area contributed by atoms with E-state index in [-0.39, 0.29) is 6.42 Å². The van der Waals surface area contributed by atoms with Gasteiger partial charge < -0.3 is 5.11 Å². The minimum Gasteiger partial charge on any atom is -0.481 e. The Morgan fingerprint density at radius 3 is 2.85 bits per heavy atom. The van der Waals surface area contributed by atoms with Crippen LogP contribution in [0.2, 0.25) is 0 Å². The van der Waals surface area contributed by atoms with Gasteiger partial charge in [-0.05, 0) is 30.5 Å². The zero-order valence-corrected chi connectivity index (χ0v) is 8.41. The highest BCUT2D eigenvalue weighted by Gasteiger charge is 2.05. The number of nitrogens with zero attached hydrogens (tertiary/aromatic N) is 1. The van der Waals surface area contributed by atoms with E-state index in [0.29, 0.717) is 11.3 Å². The summed E-state index contributed by atoms with van der Waals surface area (Å²) >= 11 is 3.26. The highest BCUT2D eigenvalue weighted by molar-refractivity contribution is 9.10. The monoisotopic (exact) mass is 241 g/mol. The molecule has 1 aromatic carbocycles. The normalized spacial score (nSPS) is 9.62. The fraction of sp³-hybridized carbons (Fsp3) is 0.111. The molecule has 0 aromatic heterocycles. The van der Waals surface area contributed by atoms with Crippen LogP contribution in [0.1, 0.15) is 5.56 Å². The van der Waals surface area contributed by atoms with E-state index < -0.39 is 5.97 Å². The quantitative estimate of drug-likeness (QED) is 0.827. The number of rotatable bonds is 3. The molecule has 1 rings (SSSR count). The lowest BCUT2D eigenvalue weighted by Crippen LogP contribution is -2.00. The molecule has 0 unspecified atom stereocenters. The molecule has 0 atom stereocenters. The van der Waals surface area contributed by atoms with Gasteiger partial charge in [0.05, 0.1) is 12.1 Å². The number of carbonyl (C=O) groups is 1. The predicted molar refractivity (Wildman–Crippen MR) is 54.7 cm³/mol. The van der Waals surface area contributed by atoms with Crippen LogP contribution in [0.3, 0.4) is 0 Å². The molecule has 1 aromatic rings. The Labute approximate surface area is 84.2 Å². The number of halogens is 1. The second-order valence-corrected chi connectivity index (χ2v) is 3.42. The van der Waals surface area contributed by atoms with Gasteiger partial charge in [-0.1, -0.05) is 15.9 Å². The van der Waals surface area contributed by atoms with Crippen molar-refractivity contribution in [1.29, 1.82) is 0 Å². The number of benzene rings is 1. The van der Waals surface area contributed by atoms with Crippen molar-refractivity contribution in [2.45, 2.75) is 6.42 Å². The molecular formula is C9H8BrNO2. The molecular weight excluding hydrogens is 234 g/mol. The minimum atomic E-state index is -0.872. The summed E-state index contributed by atoms with van der Waals surface area (Å²) in [4.78, 5) is 14.2. The zero-order chi connectivity index (χ0) is 9.84. The van der Waals surface area contributed by atoms with Gasteiger partial charge in [-0.15, -0.1) is 0 Å². The van der Waals surface area contributed by atoms with Crippen LogP contribution in [0.5, 0.6) is 0 Å². The third kappa shape index (κ3) is 2.66. The summed E-state index contributed by atoms with van der Waals surface area (Å²) in [5, 5.41) is 8.60. The molecule has 0 aliphatic rings. The fourth-order valence-electron chi connectivity index (χ4n) is 1.01. The van der Waals surface area contributed by atoms with Gasteiger partial charge in [0.2, 0.25) is 0 Å². The van der Waals surface area contributed by atoms with Crippen LogP contribution in [0, 0.1) is 0 Å². The van der Waals surface area contributed by atoms with Crippen molar-refractivity contribution < 1.29 is 9.90 Å². The maximum absolute atomic E-state index is 10.5. The maximum Gasteiger partial charge on any atom is 0.307 e. The standard InChI is InChI=1S/C9H8BrNO2/c1-11-8-3-2-7(10)4-6(8)5-9(12)13/h2-4H,1,5H2,(H,12,13). The van der Waals surface area contributed by atoms with Gasteiger partial charge in [-0.2, -0.15) is 0 Å². The van der Waals surface area contributed by atoms with Crippen LogP contribution in [0.25, 0.3) is 0 Å². The average molecular weight is 242 g/mol. The smallest absolute Gasteiger partial charge is 0.307 e. The first-order valence-corrected chi connectivity index (χ1v) is 4.39. The summed E-state index contributed by atoms with van der Waals surface area (Å²) in [5.41, 5.74) is 1.28. The lowest BCUT2D eigenvalue weighted by atomic mass is 10.1. The number of carboxylic acid groups (broad SMARTS) is 1. The van der Waals surface area contributed by atoms with Crippen molar-refractivity contribution in [3.05, 3.63) is 28.2 Å². The second-order valence-electron chi connectivity index (χ2n) is 2.50. The highest BCUT2D eigenvalue weighted by atomic mass is 79.9. The van der Waals surface area contributed by atoms with E-state index in [0.717, 1.165) is 4.47 Å². The van der Waals surface area contributed by atoms with Gasteiger partial charge in [0, 0.05) is 4.47 Å². The number of hydrogen-bond donors (Lipinski definition) is 1. The topological polar surface area (TPSA) is 49.7 Å². The average Bonchev–Trinajstić information content (AvgIpc) is 2.03. The van der Waals surface area contributed by atoms with Crippen molar-refractivity contribution in [3.63, 3.8) is 0 Å². The third-order valence-corrected chi connectivity index (χ3v) is 2.05. The van der Waals surface area contributed by atoms with Gasteiger partial charge in [0.1, 0.15) is 0 Å². The lowest BCUT2D eigenvalue weighted by molar-refractivity contribution is -0.136. The first-order chi connectivity index (χ1) is 6.13. The molecule has 0 radical (unpaired) electrons. The first kappa shape index (κ1) is 9.92. The molecule has 0 aliphatic heterocycles. The summed E-state index contributed by atoms with van der Waals surface area (Å²) in [6.07, 6.45) is -0.0339. The predicted octanol–water partition coefficient (Wildman–Crippen LogP) is 2.41. The molecule has 0 spiro atoms. The van der Waals surface area contributed by atoms with Gasteiger partial charge >= 0.3 is 5.97 Å². The number of hydrogen-bond acceptors (Lipinski definition) is 2. The molecule has 0 fully saturated rings. The molecule has 0 aliphatic carbocycles. The summed E-state index contributed by atoms with van der Waals surface area (Å²) < 4.78 is 0.844. The lowest BCUT2D eigenvalue weighted by Gasteiger charge is -2.02. The fourth-order valence-corrected chi connectivity index (χ4v) is 1.42. The van der Waals surface area contributed by atoms with E-state index in [1.165, 1.54) is 0 Å². The van der Waals surface area contributed by atoms with Crippen molar-refractivity contribution in [2.24, 2.45) is 4.99 Å². The Balaban J connectivity index is 3.07. The largest absolute Gasteiger partial charge is 0.481 e. The molecule has 0 amide bonds. The van der Waals surface area contributed by atoms with Crippen LogP contribution < -0.4 is 0 Å². The van der Waals surface area contributed by atoms with E-state index >= 15 is 0 Å². The zero-order valence-electron chi connectivity index (χ0n) is 6.83. The van der Waals surface area contributed by atoms with Gasteiger partial charge in [-0.25, -0.2) is 0 Å². The Hall–Kier alpha value is -1.16. The second kappa shape index (κ2) is 4.18. The summed E-state index contributed by atoms with van der Waals surface area (Å²) in [6, 6.07) is 5.27. The van der Waals surface area contributed by atoms with Gasteiger partial charge in [0.25, 0.3) is 0 Å². The van der Waals surface area contributed by atoms with Crippen molar-refractivity contribution in [1.82, 2.24) is 0 Å². The molecule has 0 saturated carbocycles. The van der Waals surface area contributed by atoms with Crippen LogP contribution >= 0.6 is 15.9 Å². The van der Waals surface area contributed by atoms with Crippen molar-refractivity contribution in [2.75, 3.05) is 0 Å². The molecule has 0 saturated heterocycles. The summed E-state index contributed by atoms with van der Waals surface area (Å²) in [6.45, 7) is 3.37. The Kier molecular flexibility index (Phi) is 3.19. The van der Waals surface area contributed by atoms with E-state index in [9.17, 15) is 4.79 Å². The molecule has 1 N–H and O–H groups in total.